The van der Waals surface area contributed by atoms with Gasteiger partial charge in [0.25, 0.3) is 0 Å². The zero-order valence-corrected chi connectivity index (χ0v) is 11.6. The third-order valence-electron chi connectivity index (χ3n) is 3.26. The third kappa shape index (κ3) is 3.69. The molecule has 1 aromatic rings. The largest absolute Gasteiger partial charge is 0.387 e. The molecule has 0 bridgehead atoms. The molecule has 1 aliphatic heterocycles. The quantitative estimate of drug-likeness (QED) is 0.889. The minimum absolute atomic E-state index is 0.129. The molecule has 19 heavy (non-hydrogen) atoms. The van der Waals surface area contributed by atoms with Crippen molar-refractivity contribution >= 4 is 17.5 Å². The fourth-order valence-corrected chi connectivity index (χ4v) is 2.42. The minimum atomic E-state index is -0.809. The smallest absolute Gasteiger partial charge is 0.249 e. The van der Waals surface area contributed by atoms with Crippen LogP contribution in [-0.4, -0.2) is 29.8 Å². The molecule has 1 amide bonds. The van der Waals surface area contributed by atoms with Crippen LogP contribution < -0.4 is 5.32 Å². The van der Waals surface area contributed by atoms with Gasteiger partial charge in [-0.2, -0.15) is 0 Å². The maximum atomic E-state index is 11.8. The lowest BCUT2D eigenvalue weighted by molar-refractivity contribution is -0.132. The maximum Gasteiger partial charge on any atom is 0.249 e. The number of hydrogen-bond acceptors (Lipinski definition) is 3. The van der Waals surface area contributed by atoms with Gasteiger partial charge in [0, 0.05) is 17.1 Å². The molecule has 0 spiro atoms. The van der Waals surface area contributed by atoms with Gasteiger partial charge in [-0.15, -0.1) is 0 Å². The first-order valence-corrected chi connectivity index (χ1v) is 6.81. The predicted octanol–water partition coefficient (Wildman–Crippen LogP) is 2.06. The second kappa shape index (κ2) is 6.37. The Morgan fingerprint density at radius 2 is 2.26 bits per heavy atom. The van der Waals surface area contributed by atoms with Crippen molar-refractivity contribution in [3.8, 4) is 0 Å². The number of ether oxygens (including phenoxy) is 1. The molecule has 4 nitrogen and oxygen atoms in total. The van der Waals surface area contributed by atoms with E-state index in [1.54, 1.807) is 24.3 Å². The molecule has 104 valence electrons. The van der Waals surface area contributed by atoms with Gasteiger partial charge >= 0.3 is 0 Å². The standard InChI is InChI=1S/C14H18ClNO3/c1-9-6-7-13(19-9)14(18)16-8-12(17)10-4-2-3-5-11(10)15/h2-5,9,12-13,17H,6-8H2,1H3,(H,16,18). The average Bonchev–Trinajstić information content (AvgIpc) is 2.83. The summed E-state index contributed by atoms with van der Waals surface area (Å²) >= 11 is 5.98. The van der Waals surface area contributed by atoms with Gasteiger partial charge in [-0.1, -0.05) is 29.8 Å². The normalized spacial score (nSPS) is 24.2. The van der Waals surface area contributed by atoms with Crippen LogP contribution in [0.4, 0.5) is 0 Å². The summed E-state index contributed by atoms with van der Waals surface area (Å²) in [5, 5.41) is 13.2. The number of aliphatic hydroxyl groups is 1. The Morgan fingerprint density at radius 1 is 1.53 bits per heavy atom. The lowest BCUT2D eigenvalue weighted by Crippen LogP contribution is -2.37. The molecule has 3 atom stereocenters. The van der Waals surface area contributed by atoms with E-state index in [0.29, 0.717) is 10.6 Å². The van der Waals surface area contributed by atoms with Crippen LogP contribution in [-0.2, 0) is 9.53 Å². The van der Waals surface area contributed by atoms with E-state index >= 15 is 0 Å². The number of halogens is 1. The van der Waals surface area contributed by atoms with E-state index in [2.05, 4.69) is 5.32 Å². The number of carbonyl (C=O) groups excluding carboxylic acids is 1. The van der Waals surface area contributed by atoms with Crippen molar-refractivity contribution in [2.24, 2.45) is 0 Å². The summed E-state index contributed by atoms with van der Waals surface area (Å²) in [4.78, 5) is 11.8. The van der Waals surface area contributed by atoms with Crippen LogP contribution in [0.1, 0.15) is 31.4 Å². The Labute approximate surface area is 117 Å². The van der Waals surface area contributed by atoms with E-state index in [9.17, 15) is 9.90 Å². The SMILES string of the molecule is CC1CCC(C(=O)NCC(O)c2ccccc2Cl)O1. The summed E-state index contributed by atoms with van der Waals surface area (Å²) in [5.74, 6) is -0.171. The summed E-state index contributed by atoms with van der Waals surface area (Å²) in [7, 11) is 0. The summed E-state index contributed by atoms with van der Waals surface area (Å²) in [6.45, 7) is 2.09. The van der Waals surface area contributed by atoms with E-state index in [0.717, 1.165) is 12.8 Å². The third-order valence-corrected chi connectivity index (χ3v) is 3.60. The Bertz CT molecular complexity index is 452. The summed E-state index contributed by atoms with van der Waals surface area (Å²) < 4.78 is 5.47. The minimum Gasteiger partial charge on any atom is -0.387 e. The van der Waals surface area contributed by atoms with E-state index in [1.807, 2.05) is 6.92 Å². The predicted molar refractivity (Wildman–Crippen MR) is 73.0 cm³/mol. The van der Waals surface area contributed by atoms with Gasteiger partial charge in [-0.05, 0) is 25.8 Å². The second-order valence-corrected chi connectivity index (χ2v) is 5.20. The van der Waals surface area contributed by atoms with Gasteiger partial charge in [0.15, 0.2) is 0 Å². The van der Waals surface area contributed by atoms with Crippen LogP contribution in [0, 0.1) is 0 Å². The van der Waals surface area contributed by atoms with Crippen molar-refractivity contribution < 1.29 is 14.6 Å². The Hall–Kier alpha value is -1.10. The van der Waals surface area contributed by atoms with Crippen LogP contribution in [0.25, 0.3) is 0 Å². The van der Waals surface area contributed by atoms with Crippen molar-refractivity contribution in [1.82, 2.24) is 5.32 Å². The highest BCUT2D eigenvalue weighted by Crippen LogP contribution is 2.22. The average molecular weight is 284 g/mol. The van der Waals surface area contributed by atoms with Gasteiger partial charge in [0.2, 0.25) is 5.91 Å². The highest BCUT2D eigenvalue weighted by atomic mass is 35.5. The molecular weight excluding hydrogens is 266 g/mol. The number of rotatable bonds is 4. The number of hydrogen-bond donors (Lipinski definition) is 2. The number of carbonyl (C=O) groups is 1. The molecule has 2 N–H and O–H groups in total. The van der Waals surface area contributed by atoms with Gasteiger partial charge in [0.05, 0.1) is 12.2 Å². The highest BCUT2D eigenvalue weighted by Gasteiger charge is 2.28. The molecule has 1 fully saturated rings. The second-order valence-electron chi connectivity index (χ2n) is 4.80. The van der Waals surface area contributed by atoms with Gasteiger partial charge in [-0.25, -0.2) is 0 Å². The lowest BCUT2D eigenvalue weighted by Gasteiger charge is -2.16. The van der Waals surface area contributed by atoms with Gasteiger partial charge in [0.1, 0.15) is 6.10 Å². The Balaban J connectivity index is 1.85. The molecule has 5 heteroatoms. The van der Waals surface area contributed by atoms with E-state index in [-0.39, 0.29) is 18.6 Å². The molecule has 1 saturated heterocycles. The fourth-order valence-electron chi connectivity index (χ4n) is 2.16. The number of amides is 1. The summed E-state index contributed by atoms with van der Waals surface area (Å²) in [6.07, 6.45) is 0.550. The van der Waals surface area contributed by atoms with Gasteiger partial charge in [-0.3, -0.25) is 4.79 Å². The van der Waals surface area contributed by atoms with Gasteiger partial charge < -0.3 is 15.2 Å². The van der Waals surface area contributed by atoms with E-state index in [4.69, 9.17) is 16.3 Å². The van der Waals surface area contributed by atoms with Crippen molar-refractivity contribution in [3.63, 3.8) is 0 Å². The zero-order valence-electron chi connectivity index (χ0n) is 10.8. The Kier molecular flexibility index (Phi) is 4.80. The first kappa shape index (κ1) is 14.3. The van der Waals surface area contributed by atoms with Crippen LogP contribution in [0.3, 0.4) is 0 Å². The van der Waals surface area contributed by atoms with Crippen molar-refractivity contribution in [1.29, 1.82) is 0 Å². The number of nitrogens with one attached hydrogen (secondary N) is 1. The first-order chi connectivity index (χ1) is 9.08. The molecular formula is C14H18ClNO3. The monoisotopic (exact) mass is 283 g/mol. The highest BCUT2D eigenvalue weighted by molar-refractivity contribution is 6.31. The van der Waals surface area contributed by atoms with Crippen LogP contribution >= 0.6 is 11.6 Å². The van der Waals surface area contributed by atoms with Crippen LogP contribution in [0.2, 0.25) is 5.02 Å². The number of aliphatic hydroxyl groups excluding tert-OH is 1. The van der Waals surface area contributed by atoms with Crippen molar-refractivity contribution in [2.75, 3.05) is 6.54 Å². The van der Waals surface area contributed by atoms with E-state index in [1.165, 1.54) is 0 Å². The first-order valence-electron chi connectivity index (χ1n) is 6.43. The molecule has 0 aliphatic carbocycles. The molecule has 2 rings (SSSR count). The molecule has 0 aromatic heterocycles. The summed E-state index contributed by atoms with van der Waals surface area (Å²) in [5.41, 5.74) is 0.616. The zero-order chi connectivity index (χ0) is 13.8. The summed E-state index contributed by atoms with van der Waals surface area (Å²) in [6, 6.07) is 7.05. The maximum absolute atomic E-state index is 11.8. The fraction of sp³-hybridized carbons (Fsp3) is 0.500. The number of benzene rings is 1. The van der Waals surface area contributed by atoms with Crippen LogP contribution in [0.15, 0.2) is 24.3 Å². The molecule has 1 aromatic carbocycles. The van der Waals surface area contributed by atoms with Crippen molar-refractivity contribution in [2.45, 2.75) is 38.1 Å². The molecule has 1 aliphatic rings. The van der Waals surface area contributed by atoms with Crippen molar-refractivity contribution in [3.05, 3.63) is 34.9 Å². The van der Waals surface area contributed by atoms with Crippen LogP contribution in [0.5, 0.6) is 0 Å². The molecule has 0 saturated carbocycles. The van der Waals surface area contributed by atoms with E-state index < -0.39 is 12.2 Å². The Morgan fingerprint density at radius 3 is 2.89 bits per heavy atom. The molecule has 3 unspecified atom stereocenters. The molecule has 0 radical (unpaired) electrons. The topological polar surface area (TPSA) is 58.6 Å². The molecule has 1 heterocycles. The lowest BCUT2D eigenvalue weighted by atomic mass is 10.1.